The number of anilines is 1. The number of rotatable bonds is 3. The highest BCUT2D eigenvalue weighted by Crippen LogP contribution is 2.33. The van der Waals surface area contributed by atoms with Gasteiger partial charge in [0.2, 0.25) is 5.91 Å². The van der Waals surface area contributed by atoms with Crippen molar-refractivity contribution in [2.24, 2.45) is 0 Å². The first-order valence-corrected chi connectivity index (χ1v) is 5.90. The van der Waals surface area contributed by atoms with E-state index in [9.17, 15) is 18.0 Å². The Kier molecular flexibility index (Phi) is 4.82. The van der Waals surface area contributed by atoms with Crippen molar-refractivity contribution >= 4 is 39.1 Å². The van der Waals surface area contributed by atoms with Crippen LogP contribution in [0.3, 0.4) is 0 Å². The maximum Gasteiger partial charge on any atom is 0.416 e. The third-order valence-corrected chi connectivity index (χ3v) is 2.77. The molecule has 0 saturated heterocycles. The maximum atomic E-state index is 12.4. The molecule has 0 aromatic heterocycles. The average Bonchev–Trinajstić information content (AvgIpc) is 2.20. The molecule has 94 valence electrons. The third kappa shape index (κ3) is 4.20. The number of hydrogen-bond acceptors (Lipinski definition) is 1. The zero-order valence-corrected chi connectivity index (χ0v) is 10.8. The maximum absolute atomic E-state index is 12.4. The average molecular weight is 331 g/mol. The number of hydrogen-bond donors (Lipinski definition) is 1. The van der Waals surface area contributed by atoms with E-state index in [4.69, 9.17) is 11.6 Å². The highest BCUT2D eigenvalue weighted by atomic mass is 79.9. The van der Waals surface area contributed by atoms with Crippen molar-refractivity contribution in [1.82, 2.24) is 0 Å². The van der Waals surface area contributed by atoms with E-state index in [1.807, 2.05) is 0 Å². The predicted molar refractivity (Wildman–Crippen MR) is 63.1 cm³/mol. The van der Waals surface area contributed by atoms with Crippen molar-refractivity contribution in [2.45, 2.75) is 12.6 Å². The molecule has 1 rings (SSSR count). The number of carbonyl (C=O) groups is 1. The van der Waals surface area contributed by atoms with Gasteiger partial charge in [0, 0.05) is 16.8 Å². The quantitative estimate of drug-likeness (QED) is 0.833. The first-order valence-electron chi connectivity index (χ1n) is 4.57. The summed E-state index contributed by atoms with van der Waals surface area (Å²) in [5, 5.41) is 2.35. The van der Waals surface area contributed by atoms with Crippen LogP contribution in [0.25, 0.3) is 0 Å². The summed E-state index contributed by atoms with van der Waals surface area (Å²) in [6, 6.07) is 3.04. The Labute approximate surface area is 109 Å². The molecule has 0 unspecified atom stereocenters. The number of amides is 1. The second-order valence-electron chi connectivity index (χ2n) is 3.18. The van der Waals surface area contributed by atoms with Crippen LogP contribution in [0.2, 0.25) is 0 Å². The highest BCUT2D eigenvalue weighted by Gasteiger charge is 2.31. The second-order valence-corrected chi connectivity index (χ2v) is 4.41. The van der Waals surface area contributed by atoms with Gasteiger partial charge in [-0.3, -0.25) is 4.79 Å². The first-order chi connectivity index (χ1) is 7.84. The van der Waals surface area contributed by atoms with Gasteiger partial charge in [-0.1, -0.05) is 0 Å². The van der Waals surface area contributed by atoms with Gasteiger partial charge in [-0.05, 0) is 34.1 Å². The van der Waals surface area contributed by atoms with Crippen LogP contribution in [-0.4, -0.2) is 11.8 Å². The lowest BCUT2D eigenvalue weighted by Crippen LogP contribution is -2.13. The third-order valence-electron chi connectivity index (χ3n) is 1.89. The predicted octanol–water partition coefficient (Wildman–Crippen LogP) is 4.04. The van der Waals surface area contributed by atoms with Gasteiger partial charge in [-0.25, -0.2) is 0 Å². The molecule has 0 saturated carbocycles. The highest BCUT2D eigenvalue weighted by molar-refractivity contribution is 9.10. The molecule has 0 heterocycles. The fourth-order valence-corrected chi connectivity index (χ4v) is 1.61. The zero-order valence-electron chi connectivity index (χ0n) is 8.44. The van der Waals surface area contributed by atoms with Gasteiger partial charge in [0.05, 0.1) is 11.3 Å². The molecule has 0 bridgehead atoms. The number of halogens is 5. The SMILES string of the molecule is O=C(CCCl)Nc1cc(C(F)(F)F)ccc1Br. The van der Waals surface area contributed by atoms with E-state index < -0.39 is 17.6 Å². The van der Waals surface area contributed by atoms with Crippen molar-refractivity contribution in [1.29, 1.82) is 0 Å². The van der Waals surface area contributed by atoms with Crippen LogP contribution in [0.5, 0.6) is 0 Å². The van der Waals surface area contributed by atoms with Gasteiger partial charge >= 0.3 is 6.18 Å². The molecule has 0 aliphatic rings. The number of benzene rings is 1. The number of alkyl halides is 4. The fourth-order valence-electron chi connectivity index (χ4n) is 1.10. The molecule has 7 heteroatoms. The first kappa shape index (κ1) is 14.3. The summed E-state index contributed by atoms with van der Waals surface area (Å²) in [4.78, 5) is 11.2. The van der Waals surface area contributed by atoms with Gasteiger partial charge in [0.25, 0.3) is 0 Å². The summed E-state index contributed by atoms with van der Waals surface area (Å²) in [5.74, 6) is -0.317. The van der Waals surface area contributed by atoms with E-state index in [-0.39, 0.29) is 18.0 Å². The van der Waals surface area contributed by atoms with Gasteiger partial charge in [-0.15, -0.1) is 11.6 Å². The zero-order chi connectivity index (χ0) is 13.1. The van der Waals surface area contributed by atoms with Crippen LogP contribution in [-0.2, 0) is 11.0 Å². The summed E-state index contributed by atoms with van der Waals surface area (Å²) in [5.41, 5.74) is -0.739. The number of nitrogens with one attached hydrogen (secondary N) is 1. The molecule has 0 radical (unpaired) electrons. The molecular weight excluding hydrogens is 322 g/mol. The van der Waals surface area contributed by atoms with Crippen molar-refractivity contribution in [3.8, 4) is 0 Å². The molecule has 1 aromatic rings. The van der Waals surface area contributed by atoms with Gasteiger partial charge in [-0.2, -0.15) is 13.2 Å². The Balaban J connectivity index is 2.95. The number of carbonyl (C=O) groups excluding carboxylic acids is 1. The monoisotopic (exact) mass is 329 g/mol. The van der Waals surface area contributed by atoms with Crippen molar-refractivity contribution in [3.05, 3.63) is 28.2 Å². The molecule has 1 N–H and O–H groups in total. The minimum atomic E-state index is -4.44. The lowest BCUT2D eigenvalue weighted by molar-refractivity contribution is -0.137. The Morgan fingerprint density at radius 1 is 1.41 bits per heavy atom. The van der Waals surface area contributed by atoms with Crippen molar-refractivity contribution in [2.75, 3.05) is 11.2 Å². The topological polar surface area (TPSA) is 29.1 Å². The van der Waals surface area contributed by atoms with E-state index in [1.165, 1.54) is 6.07 Å². The van der Waals surface area contributed by atoms with Gasteiger partial charge in [0.15, 0.2) is 0 Å². The Bertz CT molecular complexity index is 423. The second kappa shape index (κ2) is 5.73. The Morgan fingerprint density at radius 3 is 2.59 bits per heavy atom. The normalized spacial score (nSPS) is 11.4. The van der Waals surface area contributed by atoms with Gasteiger partial charge < -0.3 is 5.32 Å². The van der Waals surface area contributed by atoms with Crippen LogP contribution in [0, 0.1) is 0 Å². The van der Waals surface area contributed by atoms with E-state index in [1.54, 1.807) is 0 Å². The molecule has 17 heavy (non-hydrogen) atoms. The van der Waals surface area contributed by atoms with Crippen LogP contribution >= 0.6 is 27.5 Å². The molecular formula is C10H8BrClF3NO. The van der Waals surface area contributed by atoms with Crippen LogP contribution < -0.4 is 5.32 Å². The molecule has 1 amide bonds. The van der Waals surface area contributed by atoms with Crippen molar-refractivity contribution < 1.29 is 18.0 Å². The van der Waals surface area contributed by atoms with E-state index >= 15 is 0 Å². The Morgan fingerprint density at radius 2 is 2.06 bits per heavy atom. The lowest BCUT2D eigenvalue weighted by atomic mass is 10.2. The summed E-state index contributed by atoms with van der Waals surface area (Å²) >= 11 is 8.42. The van der Waals surface area contributed by atoms with E-state index in [2.05, 4.69) is 21.2 Å². The van der Waals surface area contributed by atoms with Gasteiger partial charge in [0.1, 0.15) is 0 Å². The molecule has 0 aliphatic carbocycles. The fraction of sp³-hybridized carbons (Fsp3) is 0.300. The lowest BCUT2D eigenvalue weighted by Gasteiger charge is -2.11. The van der Waals surface area contributed by atoms with E-state index in [0.717, 1.165) is 12.1 Å². The largest absolute Gasteiger partial charge is 0.416 e. The van der Waals surface area contributed by atoms with Crippen LogP contribution in [0.1, 0.15) is 12.0 Å². The molecule has 0 atom stereocenters. The molecule has 0 spiro atoms. The summed E-state index contributed by atoms with van der Waals surface area (Å²) < 4.78 is 37.7. The smallest absolute Gasteiger partial charge is 0.325 e. The summed E-state index contributed by atoms with van der Waals surface area (Å²) in [7, 11) is 0. The summed E-state index contributed by atoms with van der Waals surface area (Å²) in [6.07, 6.45) is -4.39. The molecule has 2 nitrogen and oxygen atoms in total. The Hall–Kier alpha value is -0.750. The molecule has 1 aromatic carbocycles. The summed E-state index contributed by atoms with van der Waals surface area (Å²) in [6.45, 7) is 0. The minimum Gasteiger partial charge on any atom is -0.325 e. The molecule has 0 fully saturated rings. The van der Waals surface area contributed by atoms with E-state index in [0.29, 0.717) is 4.47 Å². The van der Waals surface area contributed by atoms with Crippen molar-refractivity contribution in [3.63, 3.8) is 0 Å². The van der Waals surface area contributed by atoms with Crippen LogP contribution in [0.4, 0.5) is 18.9 Å². The van der Waals surface area contributed by atoms with Crippen LogP contribution in [0.15, 0.2) is 22.7 Å². The molecule has 0 aliphatic heterocycles. The standard InChI is InChI=1S/C10H8BrClF3NO/c11-7-2-1-6(10(13,14)15)5-8(7)16-9(17)3-4-12/h1-2,5H,3-4H2,(H,16,17). The minimum absolute atomic E-state index is 0.0459.